The highest BCUT2D eigenvalue weighted by atomic mass is 32.2. The van der Waals surface area contributed by atoms with Crippen LogP contribution in [0.3, 0.4) is 0 Å². The summed E-state index contributed by atoms with van der Waals surface area (Å²) in [7, 11) is 0. The second-order valence-electron chi connectivity index (χ2n) is 4.12. The van der Waals surface area contributed by atoms with Crippen molar-refractivity contribution in [3.05, 3.63) is 57.6 Å². The van der Waals surface area contributed by atoms with Crippen LogP contribution in [0.1, 0.15) is 11.1 Å². The molecule has 0 saturated heterocycles. The SMILES string of the molecule is Cc1cccc(CSc2cc([N+](=O)[O-])cc(N)n2)c1. The van der Waals surface area contributed by atoms with Crippen LogP contribution < -0.4 is 5.73 Å². The fraction of sp³-hybridized carbons (Fsp3) is 0.154. The Morgan fingerprint density at radius 2 is 2.16 bits per heavy atom. The van der Waals surface area contributed by atoms with Crippen molar-refractivity contribution in [3.8, 4) is 0 Å². The first kappa shape index (κ1) is 13.4. The predicted molar refractivity (Wildman–Crippen MR) is 76.0 cm³/mol. The van der Waals surface area contributed by atoms with E-state index < -0.39 is 4.92 Å². The van der Waals surface area contributed by atoms with Gasteiger partial charge in [0.2, 0.25) is 0 Å². The van der Waals surface area contributed by atoms with Gasteiger partial charge < -0.3 is 5.73 Å². The number of rotatable bonds is 4. The lowest BCUT2D eigenvalue weighted by molar-refractivity contribution is -0.385. The summed E-state index contributed by atoms with van der Waals surface area (Å²) in [4.78, 5) is 14.4. The van der Waals surface area contributed by atoms with Gasteiger partial charge in [-0.2, -0.15) is 0 Å². The predicted octanol–water partition coefficient (Wildman–Crippen LogP) is 3.17. The van der Waals surface area contributed by atoms with Crippen LogP contribution in [0.2, 0.25) is 0 Å². The van der Waals surface area contributed by atoms with E-state index in [1.807, 2.05) is 25.1 Å². The van der Waals surface area contributed by atoms with Crippen LogP contribution in [0.4, 0.5) is 11.5 Å². The Morgan fingerprint density at radius 3 is 2.84 bits per heavy atom. The third-order valence-electron chi connectivity index (χ3n) is 2.49. The number of anilines is 1. The van der Waals surface area contributed by atoms with Gasteiger partial charge in [0.05, 0.1) is 11.0 Å². The van der Waals surface area contributed by atoms with Crippen LogP contribution in [0.5, 0.6) is 0 Å². The van der Waals surface area contributed by atoms with Crippen molar-refractivity contribution >= 4 is 23.3 Å². The molecule has 1 aromatic carbocycles. The molecule has 2 rings (SSSR count). The molecule has 1 heterocycles. The highest BCUT2D eigenvalue weighted by molar-refractivity contribution is 7.98. The minimum absolute atomic E-state index is 0.0285. The van der Waals surface area contributed by atoms with Gasteiger partial charge in [0.15, 0.2) is 0 Å². The molecule has 0 fully saturated rings. The largest absolute Gasteiger partial charge is 0.383 e. The van der Waals surface area contributed by atoms with E-state index in [4.69, 9.17) is 5.73 Å². The van der Waals surface area contributed by atoms with E-state index in [-0.39, 0.29) is 11.5 Å². The molecule has 5 nitrogen and oxygen atoms in total. The van der Waals surface area contributed by atoms with Gasteiger partial charge >= 0.3 is 0 Å². The lowest BCUT2D eigenvalue weighted by atomic mass is 10.2. The number of nitrogen functional groups attached to an aromatic ring is 1. The van der Waals surface area contributed by atoms with Crippen LogP contribution in [0.25, 0.3) is 0 Å². The van der Waals surface area contributed by atoms with Gasteiger partial charge in [0, 0.05) is 11.8 Å². The zero-order chi connectivity index (χ0) is 13.8. The van der Waals surface area contributed by atoms with Crippen LogP contribution in [0, 0.1) is 17.0 Å². The molecule has 1 aromatic heterocycles. The van der Waals surface area contributed by atoms with Gasteiger partial charge in [0.25, 0.3) is 5.69 Å². The Kier molecular flexibility index (Phi) is 4.01. The topological polar surface area (TPSA) is 82.0 Å². The summed E-state index contributed by atoms with van der Waals surface area (Å²) in [6.45, 7) is 2.03. The normalized spacial score (nSPS) is 10.4. The van der Waals surface area contributed by atoms with E-state index in [1.54, 1.807) is 0 Å². The summed E-state index contributed by atoms with van der Waals surface area (Å²) in [6, 6.07) is 10.8. The summed E-state index contributed by atoms with van der Waals surface area (Å²) in [5.74, 6) is 0.871. The molecule has 0 saturated carbocycles. The fourth-order valence-electron chi connectivity index (χ4n) is 1.65. The molecular formula is C13H13N3O2S. The fourth-order valence-corrected chi connectivity index (χ4v) is 2.52. The highest BCUT2D eigenvalue weighted by Crippen LogP contribution is 2.26. The molecular weight excluding hydrogens is 262 g/mol. The van der Waals surface area contributed by atoms with Crippen molar-refractivity contribution < 1.29 is 4.92 Å². The average Bonchev–Trinajstić information content (AvgIpc) is 2.36. The van der Waals surface area contributed by atoms with E-state index in [0.29, 0.717) is 10.8 Å². The Bertz CT molecular complexity index is 617. The van der Waals surface area contributed by atoms with Gasteiger partial charge in [-0.25, -0.2) is 4.98 Å². The third-order valence-corrected chi connectivity index (χ3v) is 3.47. The summed E-state index contributed by atoms with van der Waals surface area (Å²) in [5.41, 5.74) is 7.87. The van der Waals surface area contributed by atoms with Crippen molar-refractivity contribution in [3.63, 3.8) is 0 Å². The van der Waals surface area contributed by atoms with Crippen LogP contribution in [-0.2, 0) is 5.75 Å². The number of nitrogens with zero attached hydrogens (tertiary/aromatic N) is 2. The Balaban J connectivity index is 2.13. The second-order valence-corrected chi connectivity index (χ2v) is 5.12. The average molecular weight is 275 g/mol. The van der Waals surface area contributed by atoms with Gasteiger partial charge in [-0.05, 0) is 12.5 Å². The van der Waals surface area contributed by atoms with Crippen molar-refractivity contribution in [2.75, 3.05) is 5.73 Å². The van der Waals surface area contributed by atoms with E-state index >= 15 is 0 Å². The highest BCUT2D eigenvalue weighted by Gasteiger charge is 2.10. The molecule has 2 N–H and O–H groups in total. The summed E-state index contributed by atoms with van der Waals surface area (Å²) in [5, 5.41) is 11.3. The van der Waals surface area contributed by atoms with Gasteiger partial charge in [0.1, 0.15) is 10.8 Å². The quantitative estimate of drug-likeness (QED) is 0.526. The van der Waals surface area contributed by atoms with Crippen LogP contribution in [0.15, 0.2) is 41.4 Å². The number of benzene rings is 1. The Hall–Kier alpha value is -2.08. The monoisotopic (exact) mass is 275 g/mol. The molecule has 0 atom stereocenters. The molecule has 0 radical (unpaired) electrons. The molecule has 0 aliphatic heterocycles. The molecule has 0 spiro atoms. The first-order valence-corrected chi connectivity index (χ1v) is 6.63. The van der Waals surface area contributed by atoms with Gasteiger partial charge in [-0.15, -0.1) is 11.8 Å². The zero-order valence-corrected chi connectivity index (χ0v) is 11.2. The first-order chi connectivity index (χ1) is 9.04. The van der Waals surface area contributed by atoms with Gasteiger partial charge in [-0.1, -0.05) is 29.8 Å². The number of hydrogen-bond donors (Lipinski definition) is 1. The minimum Gasteiger partial charge on any atom is -0.383 e. The van der Waals surface area contributed by atoms with Gasteiger partial charge in [-0.3, -0.25) is 10.1 Å². The van der Waals surface area contributed by atoms with E-state index in [1.165, 1.54) is 29.5 Å². The number of nitrogens with two attached hydrogens (primary N) is 1. The first-order valence-electron chi connectivity index (χ1n) is 5.65. The number of pyridine rings is 1. The summed E-state index contributed by atoms with van der Waals surface area (Å²) in [6.07, 6.45) is 0. The van der Waals surface area contributed by atoms with E-state index in [9.17, 15) is 10.1 Å². The standard InChI is InChI=1S/C13H13N3O2S/c1-9-3-2-4-10(5-9)8-19-13-7-11(16(17)18)6-12(14)15-13/h2-7H,8H2,1H3,(H2,14,15). The third kappa shape index (κ3) is 3.69. The lowest BCUT2D eigenvalue weighted by Gasteiger charge is -2.03. The molecule has 0 aliphatic carbocycles. The summed E-state index contributed by atoms with van der Waals surface area (Å²) >= 11 is 1.43. The summed E-state index contributed by atoms with van der Waals surface area (Å²) < 4.78 is 0. The molecule has 98 valence electrons. The number of nitro groups is 1. The zero-order valence-electron chi connectivity index (χ0n) is 10.4. The lowest BCUT2D eigenvalue weighted by Crippen LogP contribution is -1.96. The molecule has 0 amide bonds. The number of hydrogen-bond acceptors (Lipinski definition) is 5. The minimum atomic E-state index is -0.464. The molecule has 6 heteroatoms. The second kappa shape index (κ2) is 5.71. The van der Waals surface area contributed by atoms with Crippen molar-refractivity contribution in [1.29, 1.82) is 0 Å². The molecule has 2 aromatic rings. The maximum atomic E-state index is 10.7. The molecule has 19 heavy (non-hydrogen) atoms. The van der Waals surface area contributed by atoms with Crippen LogP contribution in [-0.4, -0.2) is 9.91 Å². The molecule has 0 aliphatic rings. The number of aromatic nitrogens is 1. The van der Waals surface area contributed by atoms with Crippen molar-refractivity contribution in [2.45, 2.75) is 17.7 Å². The van der Waals surface area contributed by atoms with Crippen molar-refractivity contribution in [1.82, 2.24) is 4.98 Å². The number of aryl methyl sites for hydroxylation is 1. The number of thioether (sulfide) groups is 1. The maximum Gasteiger partial charge on any atom is 0.275 e. The van der Waals surface area contributed by atoms with Crippen molar-refractivity contribution in [2.24, 2.45) is 0 Å². The molecule has 0 bridgehead atoms. The van der Waals surface area contributed by atoms with E-state index in [0.717, 1.165) is 5.56 Å². The van der Waals surface area contributed by atoms with E-state index in [2.05, 4.69) is 11.1 Å². The van der Waals surface area contributed by atoms with Crippen LogP contribution >= 0.6 is 11.8 Å². The smallest absolute Gasteiger partial charge is 0.275 e. The maximum absolute atomic E-state index is 10.7. The molecule has 0 unspecified atom stereocenters. The Labute approximate surface area is 115 Å². The Morgan fingerprint density at radius 1 is 1.37 bits per heavy atom.